The second-order valence-corrected chi connectivity index (χ2v) is 6.86. The molecule has 1 unspecified atom stereocenters. The second kappa shape index (κ2) is 6.33. The molecule has 1 aromatic carbocycles. The van der Waals surface area contributed by atoms with E-state index >= 15 is 0 Å². The molecule has 0 saturated carbocycles. The van der Waals surface area contributed by atoms with Gasteiger partial charge in [0, 0.05) is 23.3 Å². The molecule has 0 aliphatic heterocycles. The van der Waals surface area contributed by atoms with Crippen LogP contribution < -0.4 is 5.32 Å². The smallest absolute Gasteiger partial charge is 0.253 e. The van der Waals surface area contributed by atoms with Gasteiger partial charge in [0.1, 0.15) is 0 Å². The Morgan fingerprint density at radius 3 is 1.88 bits per heavy atom. The fourth-order valence-electron chi connectivity index (χ4n) is 1.48. The minimum absolute atomic E-state index is 0.374. The molecule has 3 nitrogen and oxygen atoms in total. The molecule has 0 radical (unpaired) electrons. The van der Waals surface area contributed by atoms with E-state index in [1.54, 1.807) is 0 Å². The number of carbonyl (C=O) groups is 1. The molecule has 1 aromatic rings. The third-order valence-corrected chi connectivity index (χ3v) is 6.96. The molecule has 6 heteroatoms. The Bertz CT molecular complexity index is 445. The number of rotatable bonds is 2. The van der Waals surface area contributed by atoms with Gasteiger partial charge in [0.05, 0.1) is 0 Å². The van der Waals surface area contributed by atoms with Crippen LogP contribution in [0.2, 0.25) is 0 Å². The number of halogens is 3. The lowest BCUT2D eigenvalue weighted by Gasteiger charge is -2.18. The topological polar surface area (TPSA) is 49.3 Å². The van der Waals surface area contributed by atoms with Gasteiger partial charge in [-0.05, 0) is 92.7 Å². The lowest BCUT2D eigenvalue weighted by molar-refractivity contribution is -0.129. The summed E-state index contributed by atoms with van der Waals surface area (Å²) in [6, 6.07) is 0. The number of nitrogens with one attached hydrogen (secondary N) is 1. The maximum Gasteiger partial charge on any atom is 0.253 e. The van der Waals surface area contributed by atoms with Crippen molar-refractivity contribution in [1.29, 1.82) is 0 Å². The average molecular weight is 571 g/mol. The first-order chi connectivity index (χ1) is 7.82. The molecule has 0 aliphatic carbocycles. The van der Waals surface area contributed by atoms with Gasteiger partial charge in [-0.2, -0.15) is 0 Å². The first-order valence-corrected chi connectivity index (χ1v) is 8.09. The molecule has 0 heterocycles. The highest BCUT2D eigenvalue weighted by Crippen LogP contribution is 2.34. The van der Waals surface area contributed by atoms with E-state index in [0.29, 0.717) is 5.56 Å². The summed E-state index contributed by atoms with van der Waals surface area (Å²) in [5, 5.41) is 12.5. The van der Waals surface area contributed by atoms with E-state index in [4.69, 9.17) is 0 Å². The molecule has 0 aliphatic rings. The van der Waals surface area contributed by atoms with Gasteiger partial charge in [-0.1, -0.05) is 0 Å². The molecule has 94 valence electrons. The fraction of sp³-hybridized carbons (Fsp3) is 0.364. The SMILES string of the molecule is CNC(=O)C(O)c1c(I)c(C)c(I)c(C)c1I. The Hall–Kier alpha value is 0.840. The lowest BCUT2D eigenvalue weighted by atomic mass is 10.0. The summed E-state index contributed by atoms with van der Waals surface area (Å²) in [7, 11) is 1.53. The Kier molecular flexibility index (Phi) is 5.92. The Morgan fingerprint density at radius 1 is 1.12 bits per heavy atom. The summed E-state index contributed by atoms with van der Waals surface area (Å²) in [6.45, 7) is 4.01. The standard InChI is InChI=1S/C11H12I3NO2/c1-4-7(12)5(2)9(14)6(8(4)13)10(16)11(17)15-3/h10,16H,1-3H3,(H,15,17). The third-order valence-electron chi connectivity index (χ3n) is 2.56. The highest BCUT2D eigenvalue weighted by atomic mass is 127. The molecule has 0 fully saturated rings. The van der Waals surface area contributed by atoms with Crippen molar-refractivity contribution in [1.82, 2.24) is 5.32 Å². The second-order valence-electron chi connectivity index (χ2n) is 3.62. The summed E-state index contributed by atoms with van der Waals surface area (Å²) >= 11 is 6.67. The molecule has 0 bridgehead atoms. The van der Waals surface area contributed by atoms with Crippen molar-refractivity contribution in [2.75, 3.05) is 7.05 Å². The van der Waals surface area contributed by atoms with E-state index in [-0.39, 0.29) is 5.91 Å². The van der Waals surface area contributed by atoms with Crippen LogP contribution in [0.4, 0.5) is 0 Å². The van der Waals surface area contributed by atoms with Crippen molar-refractivity contribution in [3.05, 3.63) is 27.4 Å². The normalized spacial score (nSPS) is 12.4. The van der Waals surface area contributed by atoms with Gasteiger partial charge < -0.3 is 10.4 Å². The number of benzene rings is 1. The van der Waals surface area contributed by atoms with Crippen molar-refractivity contribution >= 4 is 73.7 Å². The number of aliphatic hydroxyl groups excluding tert-OH is 1. The largest absolute Gasteiger partial charge is 0.378 e. The van der Waals surface area contributed by atoms with Gasteiger partial charge in [-0.25, -0.2) is 0 Å². The van der Waals surface area contributed by atoms with Crippen LogP contribution in [0.5, 0.6) is 0 Å². The Balaban J connectivity index is 3.49. The molecule has 1 atom stereocenters. The monoisotopic (exact) mass is 571 g/mol. The summed E-state index contributed by atoms with van der Waals surface area (Å²) in [4.78, 5) is 11.6. The molecule has 0 aromatic heterocycles. The molecule has 0 spiro atoms. The molecule has 17 heavy (non-hydrogen) atoms. The fourth-order valence-corrected chi connectivity index (χ4v) is 5.24. The van der Waals surface area contributed by atoms with E-state index < -0.39 is 6.10 Å². The van der Waals surface area contributed by atoms with Gasteiger partial charge in [0.25, 0.3) is 5.91 Å². The maximum atomic E-state index is 11.6. The molecular formula is C11H12I3NO2. The highest BCUT2D eigenvalue weighted by Gasteiger charge is 2.25. The molecule has 2 N–H and O–H groups in total. The van der Waals surface area contributed by atoms with Crippen LogP contribution in [0.15, 0.2) is 0 Å². The van der Waals surface area contributed by atoms with E-state index in [0.717, 1.165) is 18.3 Å². The van der Waals surface area contributed by atoms with Crippen LogP contribution >= 0.6 is 67.8 Å². The van der Waals surface area contributed by atoms with Crippen LogP contribution in [0.25, 0.3) is 0 Å². The highest BCUT2D eigenvalue weighted by molar-refractivity contribution is 14.1. The van der Waals surface area contributed by atoms with Gasteiger partial charge in [0.15, 0.2) is 6.10 Å². The molecular weight excluding hydrogens is 559 g/mol. The van der Waals surface area contributed by atoms with Crippen molar-refractivity contribution in [2.45, 2.75) is 20.0 Å². The van der Waals surface area contributed by atoms with E-state index in [2.05, 4.69) is 73.1 Å². The zero-order valence-electron chi connectivity index (χ0n) is 9.57. The maximum absolute atomic E-state index is 11.6. The zero-order valence-corrected chi connectivity index (χ0v) is 16.0. The van der Waals surface area contributed by atoms with Crippen molar-refractivity contribution < 1.29 is 9.90 Å². The minimum Gasteiger partial charge on any atom is -0.378 e. The van der Waals surface area contributed by atoms with Crippen molar-refractivity contribution in [3.63, 3.8) is 0 Å². The molecule has 1 amide bonds. The third kappa shape index (κ3) is 3.06. The number of likely N-dealkylation sites (N-methyl/N-ethyl adjacent to an activating group) is 1. The summed E-state index contributed by atoms with van der Waals surface area (Å²) in [5.41, 5.74) is 2.94. The number of hydrogen-bond acceptors (Lipinski definition) is 2. The molecule has 0 saturated heterocycles. The average Bonchev–Trinajstić information content (AvgIpc) is 2.32. The predicted octanol–water partition coefficient (Wildman–Crippen LogP) is 2.90. The summed E-state index contributed by atoms with van der Waals surface area (Å²) in [5.74, 6) is -0.374. The number of amides is 1. The first kappa shape index (κ1) is 15.9. The summed E-state index contributed by atoms with van der Waals surface area (Å²) < 4.78 is 3.10. The zero-order chi connectivity index (χ0) is 13.3. The summed E-state index contributed by atoms with van der Waals surface area (Å²) in [6.07, 6.45) is -1.10. The first-order valence-electron chi connectivity index (χ1n) is 4.86. The Labute approximate surface area is 142 Å². The lowest BCUT2D eigenvalue weighted by Crippen LogP contribution is -2.27. The van der Waals surface area contributed by atoms with Gasteiger partial charge in [0.2, 0.25) is 0 Å². The minimum atomic E-state index is -1.10. The predicted molar refractivity (Wildman–Crippen MR) is 93.1 cm³/mol. The van der Waals surface area contributed by atoms with Crippen molar-refractivity contribution in [3.8, 4) is 0 Å². The number of hydrogen-bond donors (Lipinski definition) is 2. The van der Waals surface area contributed by atoms with E-state index in [1.807, 2.05) is 13.8 Å². The van der Waals surface area contributed by atoms with Crippen LogP contribution in [0.1, 0.15) is 22.8 Å². The Morgan fingerprint density at radius 2 is 1.53 bits per heavy atom. The van der Waals surface area contributed by atoms with Gasteiger partial charge in [-0.15, -0.1) is 0 Å². The van der Waals surface area contributed by atoms with Crippen molar-refractivity contribution in [2.24, 2.45) is 0 Å². The van der Waals surface area contributed by atoms with Crippen LogP contribution in [0.3, 0.4) is 0 Å². The number of aliphatic hydroxyl groups is 1. The van der Waals surface area contributed by atoms with Gasteiger partial charge in [-0.3, -0.25) is 4.79 Å². The number of carbonyl (C=O) groups excluding carboxylic acids is 1. The van der Waals surface area contributed by atoms with E-state index in [1.165, 1.54) is 10.6 Å². The quantitative estimate of drug-likeness (QED) is 0.538. The van der Waals surface area contributed by atoms with Gasteiger partial charge >= 0.3 is 0 Å². The van der Waals surface area contributed by atoms with Crippen LogP contribution in [0, 0.1) is 24.6 Å². The van der Waals surface area contributed by atoms with Crippen LogP contribution in [-0.2, 0) is 4.79 Å². The molecule has 1 rings (SSSR count). The van der Waals surface area contributed by atoms with Crippen LogP contribution in [-0.4, -0.2) is 18.1 Å². The van der Waals surface area contributed by atoms with E-state index in [9.17, 15) is 9.90 Å².